The Hall–Kier alpha value is -3.68. The first-order chi connectivity index (χ1) is 16.3. The molecule has 2 aromatic heterocycles. The minimum absolute atomic E-state index is 0.165. The maximum atomic E-state index is 11.4. The molecule has 0 saturated carbocycles. The summed E-state index contributed by atoms with van der Waals surface area (Å²) in [6.07, 6.45) is 8.54. The minimum Gasteiger partial charge on any atom is -0.480 e. The highest BCUT2D eigenvalue weighted by atomic mass is 16.4. The van der Waals surface area contributed by atoms with Crippen molar-refractivity contribution in [1.82, 2.24) is 9.55 Å². The van der Waals surface area contributed by atoms with Gasteiger partial charge in [0, 0.05) is 61.3 Å². The Morgan fingerprint density at radius 3 is 2.71 bits per heavy atom. The number of aldehydes is 1. The topological polar surface area (TPSA) is 95.7 Å². The molecule has 0 aliphatic carbocycles. The number of fused-ring (bicyclic) bond motifs is 1. The molecule has 1 N–H and O–H groups in total. The van der Waals surface area contributed by atoms with Crippen molar-refractivity contribution in [2.24, 2.45) is 5.92 Å². The summed E-state index contributed by atoms with van der Waals surface area (Å²) in [5.41, 5.74) is 1.68. The molecule has 3 aromatic rings. The molecule has 1 atom stereocenters. The predicted octanol–water partition coefficient (Wildman–Crippen LogP) is 3.43. The normalized spacial score (nSPS) is 15.5. The van der Waals surface area contributed by atoms with Crippen molar-refractivity contribution < 1.29 is 14.7 Å². The lowest BCUT2D eigenvalue weighted by Crippen LogP contribution is -2.36. The smallest absolute Gasteiger partial charge is 0.323 e. The summed E-state index contributed by atoms with van der Waals surface area (Å²) >= 11 is 0. The highest BCUT2D eigenvalue weighted by Crippen LogP contribution is 2.28. The monoisotopic (exact) mass is 464 g/mol. The van der Waals surface area contributed by atoms with Crippen LogP contribution in [0.5, 0.6) is 0 Å². The van der Waals surface area contributed by atoms with Gasteiger partial charge in [0.15, 0.2) is 0 Å². The highest BCUT2D eigenvalue weighted by Gasteiger charge is 2.20. The van der Waals surface area contributed by atoms with Crippen LogP contribution in [0.4, 0.5) is 11.4 Å². The van der Waals surface area contributed by atoms with Crippen LogP contribution < -0.4 is 15.4 Å². The third-order valence-electron chi connectivity index (χ3n) is 6.09. The Morgan fingerprint density at radius 1 is 1.24 bits per heavy atom. The van der Waals surface area contributed by atoms with Crippen molar-refractivity contribution in [1.29, 1.82) is 0 Å². The molecule has 34 heavy (non-hydrogen) atoms. The van der Waals surface area contributed by atoms with Crippen LogP contribution in [0, 0.1) is 5.92 Å². The van der Waals surface area contributed by atoms with Crippen LogP contribution in [-0.4, -0.2) is 53.1 Å². The predicted molar refractivity (Wildman–Crippen MR) is 135 cm³/mol. The maximum Gasteiger partial charge on any atom is 0.323 e. The van der Waals surface area contributed by atoms with Crippen LogP contribution in [0.3, 0.4) is 0 Å². The van der Waals surface area contributed by atoms with Gasteiger partial charge in [0.25, 0.3) is 5.56 Å². The van der Waals surface area contributed by atoms with Crippen LogP contribution in [0.25, 0.3) is 10.8 Å². The molecule has 1 unspecified atom stereocenters. The molecule has 8 nitrogen and oxygen atoms in total. The van der Waals surface area contributed by atoms with Crippen molar-refractivity contribution in [3.05, 3.63) is 65.3 Å². The van der Waals surface area contributed by atoms with Crippen molar-refractivity contribution in [3.8, 4) is 0 Å². The molecular formula is C26H32N4O4. The second-order valence-corrected chi connectivity index (χ2v) is 8.82. The molecule has 1 aromatic carbocycles. The standard InChI is InChI=1S/C15H16N2O.C11H16N2O3/c18-11-12-4-3-7-17(10-12)15-9-16-8-13-5-1-2-6-14(13)15;1-8(2)12(3)9-4-5-10(14)13(6-9)7-11(15)16/h1-2,5-6,8-9,11-12H,3-4,7,10H2;4-6,8H,7H2,1-3H3,(H,15,16). The summed E-state index contributed by atoms with van der Waals surface area (Å²) in [6.45, 7) is 5.57. The lowest BCUT2D eigenvalue weighted by atomic mass is 9.98. The van der Waals surface area contributed by atoms with Gasteiger partial charge in [-0.05, 0) is 32.8 Å². The van der Waals surface area contributed by atoms with E-state index in [0.717, 1.165) is 49.0 Å². The number of carbonyl (C=O) groups is 2. The molecule has 4 rings (SSSR count). The van der Waals surface area contributed by atoms with E-state index in [0.29, 0.717) is 0 Å². The average Bonchev–Trinajstić information content (AvgIpc) is 2.84. The van der Waals surface area contributed by atoms with E-state index in [9.17, 15) is 14.4 Å². The summed E-state index contributed by atoms with van der Waals surface area (Å²) in [4.78, 5) is 41.5. The summed E-state index contributed by atoms with van der Waals surface area (Å²) in [6, 6.07) is 11.6. The fraction of sp³-hybridized carbons (Fsp3) is 0.385. The van der Waals surface area contributed by atoms with E-state index in [4.69, 9.17) is 5.11 Å². The van der Waals surface area contributed by atoms with Crippen LogP contribution in [-0.2, 0) is 16.1 Å². The second-order valence-electron chi connectivity index (χ2n) is 8.82. The molecule has 180 valence electrons. The van der Waals surface area contributed by atoms with Crippen molar-refractivity contribution in [2.45, 2.75) is 39.3 Å². The van der Waals surface area contributed by atoms with Crippen LogP contribution in [0.2, 0.25) is 0 Å². The molecule has 1 aliphatic heterocycles. The van der Waals surface area contributed by atoms with E-state index in [1.807, 2.05) is 50.3 Å². The number of hydrogen-bond donors (Lipinski definition) is 1. The zero-order chi connectivity index (χ0) is 24.7. The van der Waals surface area contributed by atoms with Crippen LogP contribution in [0.1, 0.15) is 26.7 Å². The van der Waals surface area contributed by atoms with Gasteiger partial charge >= 0.3 is 5.97 Å². The van der Waals surface area contributed by atoms with Crippen LogP contribution >= 0.6 is 0 Å². The first-order valence-corrected chi connectivity index (χ1v) is 11.5. The van der Waals surface area contributed by atoms with Crippen molar-refractivity contribution in [2.75, 3.05) is 29.9 Å². The number of hydrogen-bond acceptors (Lipinski definition) is 6. The number of rotatable bonds is 6. The average molecular weight is 465 g/mol. The SMILES string of the molecule is CC(C)N(C)c1ccc(=O)n(CC(=O)O)c1.O=CC1CCCN(c2cncc3ccccc23)C1. The molecular weight excluding hydrogens is 432 g/mol. The number of pyridine rings is 2. The summed E-state index contributed by atoms with van der Waals surface area (Å²) < 4.78 is 1.19. The van der Waals surface area contributed by atoms with Gasteiger partial charge in [-0.25, -0.2) is 0 Å². The van der Waals surface area contributed by atoms with E-state index in [1.54, 1.807) is 12.3 Å². The summed E-state index contributed by atoms with van der Waals surface area (Å²) in [7, 11) is 1.90. The number of benzene rings is 1. The minimum atomic E-state index is -1.02. The van der Waals surface area contributed by atoms with E-state index >= 15 is 0 Å². The molecule has 0 amide bonds. The number of nitrogens with zero attached hydrogens (tertiary/aromatic N) is 4. The number of aliphatic carboxylic acids is 1. The zero-order valence-electron chi connectivity index (χ0n) is 19.9. The highest BCUT2D eigenvalue weighted by molar-refractivity contribution is 5.93. The number of anilines is 2. The summed E-state index contributed by atoms with van der Waals surface area (Å²) in [5, 5.41) is 11.0. The fourth-order valence-corrected chi connectivity index (χ4v) is 3.99. The van der Waals surface area contributed by atoms with Crippen LogP contribution in [0.15, 0.2) is 59.8 Å². The molecule has 1 fully saturated rings. The largest absolute Gasteiger partial charge is 0.480 e. The zero-order valence-corrected chi connectivity index (χ0v) is 19.9. The van der Waals surface area contributed by atoms with Crippen molar-refractivity contribution in [3.63, 3.8) is 0 Å². The Labute approximate surface area is 199 Å². The number of piperidine rings is 1. The lowest BCUT2D eigenvalue weighted by Gasteiger charge is -2.32. The van der Waals surface area contributed by atoms with E-state index in [-0.39, 0.29) is 24.1 Å². The first kappa shape index (κ1) is 25.0. The number of carbonyl (C=O) groups excluding carboxylic acids is 1. The van der Waals surface area contributed by atoms with Gasteiger partial charge < -0.3 is 24.3 Å². The van der Waals surface area contributed by atoms with E-state index in [2.05, 4.69) is 22.0 Å². The first-order valence-electron chi connectivity index (χ1n) is 11.5. The van der Waals surface area contributed by atoms with Gasteiger partial charge in [0.2, 0.25) is 0 Å². The second kappa shape index (κ2) is 11.4. The Balaban J connectivity index is 0.000000192. The molecule has 0 spiro atoms. The Morgan fingerprint density at radius 2 is 2.00 bits per heavy atom. The molecule has 8 heteroatoms. The lowest BCUT2D eigenvalue weighted by molar-refractivity contribution is -0.137. The van der Waals surface area contributed by atoms with E-state index < -0.39 is 5.97 Å². The van der Waals surface area contributed by atoms with Gasteiger partial charge in [0.1, 0.15) is 12.8 Å². The van der Waals surface area contributed by atoms with Gasteiger partial charge in [-0.1, -0.05) is 24.3 Å². The molecule has 0 radical (unpaired) electrons. The number of aromatic nitrogens is 2. The molecule has 1 saturated heterocycles. The molecule has 1 aliphatic rings. The Kier molecular flexibility index (Phi) is 8.40. The fourth-order valence-electron chi connectivity index (χ4n) is 3.99. The van der Waals surface area contributed by atoms with Crippen molar-refractivity contribution >= 4 is 34.4 Å². The van der Waals surface area contributed by atoms with Gasteiger partial charge in [-0.15, -0.1) is 0 Å². The van der Waals surface area contributed by atoms with Gasteiger partial charge in [-0.2, -0.15) is 0 Å². The summed E-state index contributed by atoms with van der Waals surface area (Å²) in [5.74, 6) is -0.857. The molecule has 3 heterocycles. The maximum absolute atomic E-state index is 11.4. The van der Waals surface area contributed by atoms with E-state index in [1.165, 1.54) is 16.0 Å². The van der Waals surface area contributed by atoms with Gasteiger partial charge in [0.05, 0.1) is 17.6 Å². The van der Waals surface area contributed by atoms with Gasteiger partial charge in [-0.3, -0.25) is 14.6 Å². The number of carboxylic acids is 1. The molecule has 0 bridgehead atoms. The Bertz CT molecular complexity index is 1190. The third-order valence-corrected chi connectivity index (χ3v) is 6.09. The third kappa shape index (κ3) is 6.21. The number of carboxylic acid groups (broad SMARTS) is 1. The quantitative estimate of drug-likeness (QED) is 0.559.